The molecule has 12 rings (SSSR count). The summed E-state index contributed by atoms with van der Waals surface area (Å²) in [5.74, 6) is 0. The topological polar surface area (TPSA) is 9.86 Å². The zero-order valence-corrected chi connectivity index (χ0v) is 35.3. The lowest BCUT2D eigenvalue weighted by Crippen LogP contribution is -2.74. The highest BCUT2D eigenvalue weighted by atomic mass is 28.3. The van der Waals surface area contributed by atoms with Crippen molar-refractivity contribution in [1.82, 2.24) is 9.13 Å². The maximum absolute atomic E-state index is 8.91. The molecule has 2 heterocycles. The van der Waals surface area contributed by atoms with Gasteiger partial charge in [0, 0.05) is 32.9 Å². The van der Waals surface area contributed by atoms with Gasteiger partial charge in [0.2, 0.25) is 0 Å². The maximum Gasteiger partial charge on any atom is 0.180 e. The van der Waals surface area contributed by atoms with Crippen molar-refractivity contribution in [1.29, 1.82) is 0 Å². The summed E-state index contributed by atoms with van der Waals surface area (Å²) < 4.78 is 47.8. The third-order valence-corrected chi connectivity index (χ3v) is 17.6. The molecule has 0 saturated carbocycles. The van der Waals surface area contributed by atoms with Gasteiger partial charge < -0.3 is 9.13 Å². The van der Waals surface area contributed by atoms with Gasteiger partial charge in [-0.05, 0) is 91.5 Å². The van der Waals surface area contributed by atoms with Gasteiger partial charge in [-0.1, -0.05) is 206 Å². The van der Waals surface area contributed by atoms with Gasteiger partial charge in [-0.25, -0.2) is 0 Å². The van der Waals surface area contributed by atoms with Crippen molar-refractivity contribution in [2.45, 2.75) is 0 Å². The van der Waals surface area contributed by atoms with Crippen LogP contribution in [0.3, 0.4) is 0 Å². The summed E-state index contributed by atoms with van der Waals surface area (Å²) in [6.07, 6.45) is 0. The molecule has 0 saturated heterocycles. The number of benzene rings is 10. The van der Waals surface area contributed by atoms with Crippen LogP contribution in [0.5, 0.6) is 0 Å². The van der Waals surface area contributed by atoms with Crippen LogP contribution < -0.4 is 20.7 Å². The van der Waals surface area contributed by atoms with Crippen molar-refractivity contribution in [2.75, 3.05) is 0 Å². The fourth-order valence-electron chi connectivity index (χ4n) is 10.2. The van der Waals surface area contributed by atoms with E-state index in [2.05, 4.69) is 209 Å². The van der Waals surface area contributed by atoms with E-state index in [9.17, 15) is 0 Å². The molecule has 0 fully saturated rings. The first-order valence-electron chi connectivity index (χ1n) is 23.9. The van der Waals surface area contributed by atoms with E-state index >= 15 is 0 Å². The van der Waals surface area contributed by atoms with Crippen molar-refractivity contribution < 1.29 is 6.85 Å². The fraction of sp³-hybridized carbons (Fsp3) is 0. The Kier molecular flexibility index (Phi) is 7.67. The average Bonchev–Trinajstić information content (AvgIpc) is 3.92. The second-order valence-corrected chi connectivity index (χ2v) is 19.8. The number of para-hydroxylation sites is 1. The summed E-state index contributed by atoms with van der Waals surface area (Å²) in [6, 6.07) is 78.5. The SMILES string of the molecule is [2H]c1c([2H])c([2H])c(-c2cccc(-n3c4ccc(-n5c6ccccc6c6c(-c7ccccc7)cccc65)cc4c4c([Si](c5ccccc5)(c5ccccc5)c5ccccc5)cccc43)c2)c([2H])c1[2H]. The minimum atomic E-state index is -3.11. The number of hydrogen-bond acceptors (Lipinski definition) is 0. The van der Waals surface area contributed by atoms with Crippen LogP contribution in [-0.2, 0) is 0 Å². The second-order valence-electron chi connectivity index (χ2n) is 16.1. The molecule has 0 N–H and O–H groups in total. The molecule has 3 heteroatoms. The van der Waals surface area contributed by atoms with E-state index < -0.39 is 14.1 Å². The van der Waals surface area contributed by atoms with E-state index in [1.54, 1.807) is 0 Å². The monoisotopic (exact) mass is 823 g/mol. The Balaban J connectivity index is 1.22. The lowest BCUT2D eigenvalue weighted by Gasteiger charge is -2.35. The second kappa shape index (κ2) is 15.2. The Labute approximate surface area is 375 Å². The summed E-state index contributed by atoms with van der Waals surface area (Å²) >= 11 is 0. The Bertz CT molecular complexity index is 3780. The lowest BCUT2D eigenvalue weighted by atomic mass is 9.99. The number of hydrogen-bond donors (Lipinski definition) is 0. The van der Waals surface area contributed by atoms with E-state index in [0.717, 1.165) is 44.2 Å². The normalized spacial score (nSPS) is 12.9. The van der Waals surface area contributed by atoms with Crippen LogP contribution in [0.15, 0.2) is 255 Å². The Morgan fingerprint density at radius 3 is 1.51 bits per heavy atom. The zero-order chi connectivity index (χ0) is 46.1. The molecule has 2 nitrogen and oxygen atoms in total. The van der Waals surface area contributed by atoms with E-state index in [1.165, 1.54) is 42.6 Å². The zero-order valence-electron chi connectivity index (χ0n) is 39.3. The van der Waals surface area contributed by atoms with Crippen LogP contribution in [0.25, 0.3) is 77.2 Å². The van der Waals surface area contributed by atoms with Gasteiger partial charge in [-0.2, -0.15) is 0 Å². The predicted octanol–water partition coefficient (Wildman–Crippen LogP) is 12.6. The van der Waals surface area contributed by atoms with Gasteiger partial charge in [0.25, 0.3) is 0 Å². The van der Waals surface area contributed by atoms with Crippen LogP contribution in [0.4, 0.5) is 0 Å². The molecule has 12 aromatic rings. The molecule has 0 bridgehead atoms. The molecule has 0 radical (unpaired) electrons. The van der Waals surface area contributed by atoms with E-state index in [-0.39, 0.29) is 29.7 Å². The number of aromatic nitrogens is 2. The standard InChI is InChI=1S/C60H42N2Si/c1-6-21-43(22-7-1)45-25-18-26-46(41-45)61-55-40-39-47(62-54-35-17-16-33-52(54)59-51(34-19-36-56(59)62)44-23-8-2-9-24-44)42-53(55)60-57(61)37-20-38-58(60)63(48-27-10-3-11-28-48,49-29-12-4-13-30-49)50-31-14-5-15-32-50/h1-42H/i1D,6D,7D,21D,22D. The molecular weight excluding hydrogens is 777 g/mol. The quantitative estimate of drug-likeness (QED) is 0.107. The fourth-order valence-corrected chi connectivity index (χ4v) is 15.2. The molecule has 2 aromatic heterocycles. The minimum Gasteiger partial charge on any atom is -0.309 e. The van der Waals surface area contributed by atoms with Crippen LogP contribution in [0, 0.1) is 0 Å². The largest absolute Gasteiger partial charge is 0.309 e. The van der Waals surface area contributed by atoms with Gasteiger partial charge in [-0.15, -0.1) is 0 Å². The van der Waals surface area contributed by atoms with Crippen LogP contribution >= 0.6 is 0 Å². The molecule has 0 amide bonds. The molecule has 296 valence electrons. The maximum atomic E-state index is 8.91. The summed E-state index contributed by atoms with van der Waals surface area (Å²) in [5.41, 5.74) is 9.12. The Hall–Kier alpha value is -7.98. The van der Waals surface area contributed by atoms with Gasteiger partial charge in [0.05, 0.1) is 28.9 Å². The van der Waals surface area contributed by atoms with Crippen LogP contribution in [0.1, 0.15) is 6.85 Å². The summed E-state index contributed by atoms with van der Waals surface area (Å²) in [5, 5.41) is 9.62. The highest BCUT2D eigenvalue weighted by molar-refractivity contribution is 7.20. The third kappa shape index (κ3) is 5.85. The van der Waals surface area contributed by atoms with Crippen molar-refractivity contribution in [3.63, 3.8) is 0 Å². The van der Waals surface area contributed by atoms with Gasteiger partial charge in [-0.3, -0.25) is 0 Å². The Morgan fingerprint density at radius 1 is 0.333 bits per heavy atom. The molecule has 0 aliphatic carbocycles. The third-order valence-electron chi connectivity index (χ3n) is 12.7. The Morgan fingerprint density at radius 2 is 0.841 bits per heavy atom. The van der Waals surface area contributed by atoms with E-state index in [0.29, 0.717) is 5.56 Å². The number of nitrogens with zero attached hydrogens (tertiary/aromatic N) is 2. The lowest BCUT2D eigenvalue weighted by molar-refractivity contribution is 1.17. The van der Waals surface area contributed by atoms with Gasteiger partial charge in [0.15, 0.2) is 8.07 Å². The highest BCUT2D eigenvalue weighted by Gasteiger charge is 2.43. The highest BCUT2D eigenvalue weighted by Crippen LogP contribution is 2.40. The molecule has 0 spiro atoms. The van der Waals surface area contributed by atoms with Crippen molar-refractivity contribution >= 4 is 72.4 Å². The van der Waals surface area contributed by atoms with Gasteiger partial charge >= 0.3 is 0 Å². The molecule has 0 unspecified atom stereocenters. The molecule has 0 aliphatic rings. The summed E-state index contributed by atoms with van der Waals surface area (Å²) in [4.78, 5) is 0. The number of fused-ring (bicyclic) bond motifs is 6. The van der Waals surface area contributed by atoms with Crippen molar-refractivity contribution in [3.8, 4) is 33.6 Å². The van der Waals surface area contributed by atoms with Crippen molar-refractivity contribution in [2.24, 2.45) is 0 Å². The minimum absolute atomic E-state index is 0.173. The van der Waals surface area contributed by atoms with Crippen LogP contribution in [0.2, 0.25) is 0 Å². The van der Waals surface area contributed by atoms with Gasteiger partial charge in [0.1, 0.15) is 0 Å². The molecule has 0 atom stereocenters. The van der Waals surface area contributed by atoms with E-state index in [4.69, 9.17) is 6.85 Å². The van der Waals surface area contributed by atoms with Crippen LogP contribution in [-0.4, -0.2) is 17.2 Å². The predicted molar refractivity (Wildman–Crippen MR) is 270 cm³/mol. The molecule has 10 aromatic carbocycles. The summed E-state index contributed by atoms with van der Waals surface area (Å²) in [7, 11) is -3.11. The average molecular weight is 824 g/mol. The van der Waals surface area contributed by atoms with E-state index in [1.807, 2.05) is 24.3 Å². The smallest absolute Gasteiger partial charge is 0.180 e. The number of rotatable bonds is 8. The molecule has 0 aliphatic heterocycles. The molecule has 63 heavy (non-hydrogen) atoms. The van der Waals surface area contributed by atoms with Crippen molar-refractivity contribution in [3.05, 3.63) is 255 Å². The first-order chi connectivity index (χ1) is 33.4. The first kappa shape index (κ1) is 31.8. The first-order valence-corrected chi connectivity index (χ1v) is 23.4. The summed E-state index contributed by atoms with van der Waals surface area (Å²) in [6.45, 7) is 0. The molecular formula is C60H42N2Si.